The fourth-order valence-electron chi connectivity index (χ4n) is 3.71. The maximum absolute atomic E-state index is 10.9. The minimum atomic E-state index is -0.373. The second kappa shape index (κ2) is 11.5. The Kier molecular flexibility index (Phi) is 9.39. The van der Waals surface area contributed by atoms with Crippen molar-refractivity contribution in [2.45, 2.75) is 31.8 Å². The van der Waals surface area contributed by atoms with Crippen molar-refractivity contribution >= 4 is 35.6 Å². The third kappa shape index (κ3) is 6.85. The van der Waals surface area contributed by atoms with E-state index < -0.39 is 0 Å². The Morgan fingerprint density at radius 3 is 2.79 bits per heavy atom. The van der Waals surface area contributed by atoms with Gasteiger partial charge in [0.25, 0.3) is 5.69 Å². The number of piperidine rings is 1. The summed E-state index contributed by atoms with van der Waals surface area (Å²) in [5.74, 6) is 1.43. The first-order valence-corrected chi connectivity index (χ1v) is 9.64. The molecule has 0 spiro atoms. The minimum Gasteiger partial charge on any atom is -0.381 e. The molecule has 2 N–H and O–H groups in total. The van der Waals surface area contributed by atoms with E-state index in [0.717, 1.165) is 57.2 Å². The predicted octanol–water partition coefficient (Wildman–Crippen LogP) is 2.38. The Morgan fingerprint density at radius 1 is 1.36 bits per heavy atom. The lowest BCUT2D eigenvalue weighted by molar-refractivity contribution is -0.384. The van der Waals surface area contributed by atoms with Gasteiger partial charge < -0.3 is 20.3 Å². The van der Waals surface area contributed by atoms with E-state index in [0.29, 0.717) is 18.5 Å². The quantitative estimate of drug-likeness (QED) is 0.204. The fraction of sp³-hybridized carbons (Fsp3) is 0.632. The standard InChI is InChI=1S/C19H29N5O3.HI/c1-20-19(21-12-15-3-2-4-18(11-15)24(25)26)22-17-5-8-23(9-6-17)13-16-7-10-27-14-16;/h2-4,11,16-17H,5-10,12-14H2,1H3,(H2,20,21,22);1H. The number of nitrogens with zero attached hydrogens (tertiary/aromatic N) is 3. The molecule has 1 aromatic rings. The first kappa shape index (κ1) is 22.8. The number of nitro benzene ring substituents is 1. The molecule has 1 aromatic carbocycles. The molecule has 0 radical (unpaired) electrons. The largest absolute Gasteiger partial charge is 0.381 e. The first-order valence-electron chi connectivity index (χ1n) is 9.64. The van der Waals surface area contributed by atoms with Gasteiger partial charge in [-0.25, -0.2) is 0 Å². The lowest BCUT2D eigenvalue weighted by Gasteiger charge is -2.34. The molecule has 0 bridgehead atoms. The summed E-state index contributed by atoms with van der Waals surface area (Å²) in [4.78, 5) is 17.3. The normalized spacial score (nSPS) is 21.2. The van der Waals surface area contributed by atoms with Gasteiger partial charge in [0.15, 0.2) is 5.96 Å². The van der Waals surface area contributed by atoms with E-state index in [1.165, 1.54) is 12.5 Å². The number of ether oxygens (including phenoxy) is 1. The lowest BCUT2D eigenvalue weighted by atomic mass is 10.0. The van der Waals surface area contributed by atoms with Gasteiger partial charge in [0.2, 0.25) is 0 Å². The van der Waals surface area contributed by atoms with Crippen LogP contribution in [0.2, 0.25) is 0 Å². The number of likely N-dealkylation sites (tertiary alicyclic amines) is 1. The Hall–Kier alpha value is -1.46. The van der Waals surface area contributed by atoms with Crippen molar-refractivity contribution in [2.75, 3.05) is 39.9 Å². The Bertz CT molecular complexity index is 659. The summed E-state index contributed by atoms with van der Waals surface area (Å²) in [6, 6.07) is 7.07. The zero-order valence-electron chi connectivity index (χ0n) is 16.3. The van der Waals surface area contributed by atoms with E-state index in [1.54, 1.807) is 19.2 Å². The Balaban J connectivity index is 0.00000280. The summed E-state index contributed by atoms with van der Waals surface area (Å²) in [5, 5.41) is 17.6. The van der Waals surface area contributed by atoms with Crippen LogP contribution < -0.4 is 10.6 Å². The molecule has 2 fully saturated rings. The molecule has 0 aromatic heterocycles. The average Bonchev–Trinajstić information content (AvgIpc) is 3.19. The second-order valence-corrected chi connectivity index (χ2v) is 7.30. The molecule has 2 heterocycles. The van der Waals surface area contributed by atoms with Crippen molar-refractivity contribution in [3.63, 3.8) is 0 Å². The smallest absolute Gasteiger partial charge is 0.269 e. The second-order valence-electron chi connectivity index (χ2n) is 7.30. The topological polar surface area (TPSA) is 92.0 Å². The number of hydrogen-bond acceptors (Lipinski definition) is 5. The highest BCUT2D eigenvalue weighted by molar-refractivity contribution is 14.0. The molecular weight excluding hydrogens is 473 g/mol. The summed E-state index contributed by atoms with van der Waals surface area (Å²) in [6.45, 7) is 5.65. The van der Waals surface area contributed by atoms with Crippen LogP contribution in [0.4, 0.5) is 5.69 Å². The van der Waals surface area contributed by atoms with Gasteiger partial charge in [-0.05, 0) is 30.7 Å². The molecule has 1 atom stereocenters. The van der Waals surface area contributed by atoms with Gasteiger partial charge in [0.05, 0.1) is 11.5 Å². The number of nitrogens with one attached hydrogen (secondary N) is 2. The van der Waals surface area contributed by atoms with E-state index in [9.17, 15) is 10.1 Å². The molecule has 0 aliphatic carbocycles. The third-order valence-corrected chi connectivity index (χ3v) is 5.27. The van der Waals surface area contributed by atoms with Crippen molar-refractivity contribution in [3.8, 4) is 0 Å². The number of rotatable bonds is 6. The Morgan fingerprint density at radius 2 is 2.14 bits per heavy atom. The first-order chi connectivity index (χ1) is 13.1. The van der Waals surface area contributed by atoms with Crippen molar-refractivity contribution in [3.05, 3.63) is 39.9 Å². The fourth-order valence-corrected chi connectivity index (χ4v) is 3.71. The van der Waals surface area contributed by atoms with Crippen LogP contribution in [0.5, 0.6) is 0 Å². The van der Waals surface area contributed by atoms with Crippen molar-refractivity contribution in [2.24, 2.45) is 10.9 Å². The summed E-state index contributed by atoms with van der Waals surface area (Å²) in [6.07, 6.45) is 3.36. The van der Waals surface area contributed by atoms with E-state index in [1.807, 2.05) is 6.07 Å². The molecule has 3 rings (SSSR count). The average molecular weight is 503 g/mol. The Labute approximate surface area is 183 Å². The van der Waals surface area contributed by atoms with Gasteiger partial charge in [-0.3, -0.25) is 15.1 Å². The number of nitro groups is 1. The minimum absolute atomic E-state index is 0. The lowest BCUT2D eigenvalue weighted by Crippen LogP contribution is -2.49. The van der Waals surface area contributed by atoms with Crippen LogP contribution in [0.3, 0.4) is 0 Å². The molecular formula is C19H30IN5O3. The summed E-state index contributed by atoms with van der Waals surface area (Å²) < 4.78 is 5.47. The SMILES string of the molecule is CN=C(NCc1cccc([N+](=O)[O-])c1)NC1CCN(CC2CCOC2)CC1.I. The number of hydrogen-bond donors (Lipinski definition) is 2. The molecule has 0 saturated carbocycles. The maximum Gasteiger partial charge on any atom is 0.269 e. The van der Waals surface area contributed by atoms with Crippen molar-refractivity contribution in [1.82, 2.24) is 15.5 Å². The monoisotopic (exact) mass is 503 g/mol. The van der Waals surface area contributed by atoms with Crippen LogP contribution >= 0.6 is 24.0 Å². The van der Waals surface area contributed by atoms with Gasteiger partial charge in [0, 0.05) is 58.0 Å². The molecule has 2 aliphatic heterocycles. The van der Waals surface area contributed by atoms with Gasteiger partial charge in [0.1, 0.15) is 0 Å². The van der Waals surface area contributed by atoms with Crippen molar-refractivity contribution in [1.29, 1.82) is 0 Å². The highest BCUT2D eigenvalue weighted by atomic mass is 127. The van der Waals surface area contributed by atoms with Crippen LogP contribution in [-0.2, 0) is 11.3 Å². The third-order valence-electron chi connectivity index (χ3n) is 5.27. The van der Waals surface area contributed by atoms with E-state index in [4.69, 9.17) is 4.74 Å². The van der Waals surface area contributed by atoms with Gasteiger partial charge in [-0.1, -0.05) is 12.1 Å². The van der Waals surface area contributed by atoms with Gasteiger partial charge >= 0.3 is 0 Å². The summed E-state index contributed by atoms with van der Waals surface area (Å²) >= 11 is 0. The summed E-state index contributed by atoms with van der Waals surface area (Å²) in [5.41, 5.74) is 0.970. The zero-order chi connectivity index (χ0) is 19.1. The van der Waals surface area contributed by atoms with E-state index >= 15 is 0 Å². The van der Waals surface area contributed by atoms with Crippen LogP contribution in [0, 0.1) is 16.0 Å². The van der Waals surface area contributed by atoms with Crippen LogP contribution in [0.1, 0.15) is 24.8 Å². The highest BCUT2D eigenvalue weighted by Gasteiger charge is 2.24. The van der Waals surface area contributed by atoms with E-state index in [-0.39, 0.29) is 34.6 Å². The molecule has 8 nitrogen and oxygen atoms in total. The van der Waals surface area contributed by atoms with Crippen LogP contribution in [0.15, 0.2) is 29.3 Å². The van der Waals surface area contributed by atoms with Crippen LogP contribution in [-0.4, -0.2) is 61.7 Å². The van der Waals surface area contributed by atoms with Gasteiger partial charge in [-0.15, -0.1) is 24.0 Å². The molecule has 1 unspecified atom stereocenters. The summed E-state index contributed by atoms with van der Waals surface area (Å²) in [7, 11) is 1.75. The molecule has 28 heavy (non-hydrogen) atoms. The molecule has 156 valence electrons. The highest BCUT2D eigenvalue weighted by Crippen LogP contribution is 2.18. The molecule has 0 amide bonds. The molecule has 2 saturated heterocycles. The number of halogens is 1. The van der Waals surface area contributed by atoms with Gasteiger partial charge in [-0.2, -0.15) is 0 Å². The zero-order valence-corrected chi connectivity index (χ0v) is 18.6. The van der Waals surface area contributed by atoms with Crippen molar-refractivity contribution < 1.29 is 9.66 Å². The maximum atomic E-state index is 10.9. The van der Waals surface area contributed by atoms with E-state index in [2.05, 4.69) is 20.5 Å². The number of aliphatic imine (C=N–C) groups is 1. The van der Waals surface area contributed by atoms with Crippen LogP contribution in [0.25, 0.3) is 0 Å². The number of benzene rings is 1. The number of non-ortho nitro benzene ring substituents is 1. The predicted molar refractivity (Wildman–Crippen MR) is 120 cm³/mol. The molecule has 9 heteroatoms. The number of guanidine groups is 1. The molecule has 2 aliphatic rings.